The van der Waals surface area contributed by atoms with Crippen molar-refractivity contribution < 1.29 is 4.79 Å². The van der Waals surface area contributed by atoms with Gasteiger partial charge in [-0.2, -0.15) is 0 Å². The third-order valence-corrected chi connectivity index (χ3v) is 4.36. The van der Waals surface area contributed by atoms with Gasteiger partial charge in [0.1, 0.15) is 0 Å². The Bertz CT molecular complexity index is 479. The fourth-order valence-electron chi connectivity index (χ4n) is 2.35. The average Bonchev–Trinajstić information content (AvgIpc) is 2.79. The molecule has 1 saturated heterocycles. The normalized spacial score (nSPS) is 24.2. The van der Waals surface area contributed by atoms with Crippen molar-refractivity contribution in [3.8, 4) is 0 Å². The second-order valence-electron chi connectivity index (χ2n) is 5.10. The van der Waals surface area contributed by atoms with Crippen LogP contribution in [0.15, 0.2) is 18.2 Å². The smallest absolute Gasteiger partial charge is 0.237 e. The maximum atomic E-state index is 12.2. The largest absolute Gasteiger partial charge is 0.348 e. The molecule has 19 heavy (non-hydrogen) atoms. The maximum Gasteiger partial charge on any atom is 0.237 e. The van der Waals surface area contributed by atoms with Gasteiger partial charge in [-0.25, -0.2) is 0 Å². The molecule has 3 nitrogen and oxygen atoms in total. The predicted molar refractivity (Wildman–Crippen MR) is 78.6 cm³/mol. The number of nitrogens with one attached hydrogen (secondary N) is 2. The van der Waals surface area contributed by atoms with Crippen molar-refractivity contribution in [1.82, 2.24) is 10.6 Å². The van der Waals surface area contributed by atoms with Gasteiger partial charge in [0.05, 0.1) is 22.1 Å². The Morgan fingerprint density at radius 1 is 1.42 bits per heavy atom. The van der Waals surface area contributed by atoms with E-state index < -0.39 is 0 Å². The fraction of sp³-hybridized carbons (Fsp3) is 0.500. The minimum absolute atomic E-state index is 0.0450. The first-order valence-corrected chi connectivity index (χ1v) is 7.23. The molecule has 5 heteroatoms. The van der Waals surface area contributed by atoms with E-state index in [1.54, 1.807) is 12.1 Å². The summed E-state index contributed by atoms with van der Waals surface area (Å²) in [5, 5.41) is 7.27. The molecule has 3 atom stereocenters. The monoisotopic (exact) mass is 300 g/mol. The molecule has 3 unspecified atom stereocenters. The van der Waals surface area contributed by atoms with Crippen LogP contribution in [0.5, 0.6) is 0 Å². The molecule has 2 rings (SSSR count). The first kappa shape index (κ1) is 14.6. The van der Waals surface area contributed by atoms with Crippen LogP contribution in [0, 0.1) is 5.92 Å². The van der Waals surface area contributed by atoms with Gasteiger partial charge in [0.25, 0.3) is 0 Å². The second-order valence-corrected chi connectivity index (χ2v) is 5.92. The van der Waals surface area contributed by atoms with Crippen LogP contribution >= 0.6 is 23.2 Å². The summed E-state index contributed by atoms with van der Waals surface area (Å²) < 4.78 is 0. The summed E-state index contributed by atoms with van der Waals surface area (Å²) >= 11 is 11.9. The van der Waals surface area contributed by atoms with Crippen LogP contribution in [0.4, 0.5) is 0 Å². The molecule has 1 aliphatic rings. The van der Waals surface area contributed by atoms with Crippen molar-refractivity contribution in [3.63, 3.8) is 0 Å². The van der Waals surface area contributed by atoms with Gasteiger partial charge in [0.15, 0.2) is 0 Å². The highest BCUT2D eigenvalue weighted by molar-refractivity contribution is 6.42. The molecule has 104 valence electrons. The summed E-state index contributed by atoms with van der Waals surface area (Å²) in [7, 11) is 0. The quantitative estimate of drug-likeness (QED) is 0.900. The Labute approximate surface area is 123 Å². The van der Waals surface area contributed by atoms with Crippen molar-refractivity contribution in [3.05, 3.63) is 33.8 Å². The molecule has 0 aliphatic carbocycles. The molecule has 0 radical (unpaired) electrons. The molecule has 1 aliphatic heterocycles. The lowest BCUT2D eigenvalue weighted by atomic mass is 10.0. The van der Waals surface area contributed by atoms with E-state index >= 15 is 0 Å². The molecular weight excluding hydrogens is 283 g/mol. The molecule has 1 heterocycles. The Morgan fingerprint density at radius 3 is 2.74 bits per heavy atom. The van der Waals surface area contributed by atoms with Crippen molar-refractivity contribution >= 4 is 29.1 Å². The lowest BCUT2D eigenvalue weighted by Gasteiger charge is -2.20. The minimum atomic E-state index is -0.0924. The van der Waals surface area contributed by atoms with Crippen molar-refractivity contribution in [2.24, 2.45) is 5.92 Å². The molecular formula is C14H18Cl2N2O. The van der Waals surface area contributed by atoms with Crippen molar-refractivity contribution in [1.29, 1.82) is 0 Å². The zero-order valence-corrected chi connectivity index (χ0v) is 12.6. The molecule has 1 amide bonds. The molecule has 2 N–H and O–H groups in total. The molecule has 0 saturated carbocycles. The van der Waals surface area contributed by atoms with Crippen LogP contribution in [-0.4, -0.2) is 18.5 Å². The van der Waals surface area contributed by atoms with Gasteiger partial charge in [0.2, 0.25) is 5.91 Å². The van der Waals surface area contributed by atoms with Crippen LogP contribution in [0.2, 0.25) is 10.0 Å². The molecule has 1 aromatic carbocycles. The topological polar surface area (TPSA) is 41.1 Å². The maximum absolute atomic E-state index is 12.2. The van der Waals surface area contributed by atoms with Gasteiger partial charge in [-0.3, -0.25) is 4.79 Å². The van der Waals surface area contributed by atoms with E-state index in [9.17, 15) is 4.79 Å². The van der Waals surface area contributed by atoms with E-state index in [4.69, 9.17) is 23.2 Å². The highest BCUT2D eigenvalue weighted by atomic mass is 35.5. The summed E-state index contributed by atoms with van der Waals surface area (Å²) in [6, 6.07) is 5.24. The van der Waals surface area contributed by atoms with Gasteiger partial charge in [-0.1, -0.05) is 36.2 Å². The van der Waals surface area contributed by atoms with Crippen LogP contribution in [0.25, 0.3) is 0 Å². The first-order valence-electron chi connectivity index (χ1n) is 6.47. The van der Waals surface area contributed by atoms with E-state index in [0.29, 0.717) is 16.0 Å². The zero-order chi connectivity index (χ0) is 14.0. The summed E-state index contributed by atoms with van der Waals surface area (Å²) in [6.45, 7) is 4.94. The SMILES string of the molecule is CC(NC(=O)C1NCCC1C)c1ccc(Cl)c(Cl)c1. The fourth-order valence-corrected chi connectivity index (χ4v) is 2.66. The predicted octanol–water partition coefficient (Wildman–Crippen LogP) is 3.17. The van der Waals surface area contributed by atoms with E-state index in [-0.39, 0.29) is 18.0 Å². The van der Waals surface area contributed by atoms with Gasteiger partial charge < -0.3 is 10.6 Å². The molecule has 0 spiro atoms. The number of halogens is 2. The Kier molecular flexibility index (Phi) is 4.71. The Balaban J connectivity index is 2.02. The lowest BCUT2D eigenvalue weighted by Crippen LogP contribution is -2.44. The van der Waals surface area contributed by atoms with Gasteiger partial charge in [-0.05, 0) is 43.5 Å². The third-order valence-electron chi connectivity index (χ3n) is 3.62. The number of amides is 1. The number of carbonyl (C=O) groups excluding carboxylic acids is 1. The summed E-state index contributed by atoms with van der Waals surface area (Å²) in [5.74, 6) is 0.421. The van der Waals surface area contributed by atoms with Crippen LogP contribution in [0.3, 0.4) is 0 Å². The molecule has 0 bridgehead atoms. The molecule has 0 aromatic heterocycles. The molecule has 1 fully saturated rings. The zero-order valence-electron chi connectivity index (χ0n) is 11.0. The average molecular weight is 301 g/mol. The standard InChI is InChI=1S/C14H18Cl2N2O/c1-8-5-6-17-13(8)14(19)18-9(2)10-3-4-11(15)12(16)7-10/h3-4,7-9,13,17H,5-6H2,1-2H3,(H,18,19). The first-order chi connectivity index (χ1) is 8.99. The highest BCUT2D eigenvalue weighted by Gasteiger charge is 2.29. The number of rotatable bonds is 3. The number of hydrogen-bond donors (Lipinski definition) is 2. The second kappa shape index (κ2) is 6.12. The van der Waals surface area contributed by atoms with Gasteiger partial charge in [0, 0.05) is 0 Å². The van der Waals surface area contributed by atoms with E-state index in [0.717, 1.165) is 18.5 Å². The number of hydrogen-bond acceptors (Lipinski definition) is 2. The van der Waals surface area contributed by atoms with Crippen LogP contribution < -0.4 is 10.6 Å². The Morgan fingerprint density at radius 2 is 2.16 bits per heavy atom. The summed E-state index contributed by atoms with van der Waals surface area (Å²) in [6.07, 6.45) is 1.04. The third kappa shape index (κ3) is 3.41. The van der Waals surface area contributed by atoms with Gasteiger partial charge in [-0.15, -0.1) is 0 Å². The minimum Gasteiger partial charge on any atom is -0.348 e. The van der Waals surface area contributed by atoms with Crippen LogP contribution in [0.1, 0.15) is 31.9 Å². The van der Waals surface area contributed by atoms with E-state index in [1.807, 2.05) is 13.0 Å². The highest BCUT2D eigenvalue weighted by Crippen LogP contribution is 2.25. The number of carbonyl (C=O) groups is 1. The lowest BCUT2D eigenvalue weighted by molar-refractivity contribution is -0.124. The number of benzene rings is 1. The van der Waals surface area contributed by atoms with Crippen molar-refractivity contribution in [2.45, 2.75) is 32.4 Å². The van der Waals surface area contributed by atoms with E-state index in [2.05, 4.69) is 17.6 Å². The summed E-state index contributed by atoms with van der Waals surface area (Å²) in [4.78, 5) is 12.2. The van der Waals surface area contributed by atoms with Crippen LogP contribution in [-0.2, 0) is 4.79 Å². The van der Waals surface area contributed by atoms with Crippen molar-refractivity contribution in [2.75, 3.05) is 6.54 Å². The Hall–Kier alpha value is -0.770. The van der Waals surface area contributed by atoms with E-state index in [1.165, 1.54) is 0 Å². The molecule has 1 aromatic rings. The summed E-state index contributed by atoms with van der Waals surface area (Å²) in [5.41, 5.74) is 0.952. The van der Waals surface area contributed by atoms with Gasteiger partial charge >= 0.3 is 0 Å².